The molecule has 2 aromatic rings. The van der Waals surface area contributed by atoms with E-state index in [-0.39, 0.29) is 0 Å². The van der Waals surface area contributed by atoms with E-state index in [1.807, 2.05) is 19.9 Å². The molecule has 0 radical (unpaired) electrons. The largest absolute Gasteiger partial charge is 0.351 e. The van der Waals surface area contributed by atoms with Crippen LogP contribution in [0.15, 0.2) is 18.3 Å². The molecule has 0 saturated heterocycles. The van der Waals surface area contributed by atoms with Crippen LogP contribution in [0.4, 0.5) is 0 Å². The van der Waals surface area contributed by atoms with Crippen LogP contribution in [-0.4, -0.2) is 14.5 Å². The van der Waals surface area contributed by atoms with Gasteiger partial charge in [-0.2, -0.15) is 5.26 Å². The number of aromatic amines is 1. The SMILES string of the molecule is Cc1nc(C)n(-c2ccc(=S)[nH]c2)c1C#N. The third kappa shape index (κ3) is 1.64. The van der Waals surface area contributed by atoms with Crippen molar-refractivity contribution in [1.82, 2.24) is 14.5 Å². The van der Waals surface area contributed by atoms with E-state index in [0.717, 1.165) is 17.2 Å². The molecular weight excluding hydrogens is 220 g/mol. The molecule has 2 rings (SSSR count). The summed E-state index contributed by atoms with van der Waals surface area (Å²) >= 11 is 4.98. The van der Waals surface area contributed by atoms with Crippen molar-refractivity contribution >= 4 is 12.2 Å². The minimum absolute atomic E-state index is 0.558. The van der Waals surface area contributed by atoms with Crippen molar-refractivity contribution in [2.24, 2.45) is 0 Å². The molecule has 1 N–H and O–H groups in total. The summed E-state index contributed by atoms with van der Waals surface area (Å²) in [5, 5.41) is 9.09. The molecule has 0 atom stereocenters. The molecule has 0 unspecified atom stereocenters. The van der Waals surface area contributed by atoms with Gasteiger partial charge in [0.1, 0.15) is 22.2 Å². The van der Waals surface area contributed by atoms with Gasteiger partial charge in [-0.05, 0) is 26.0 Å². The summed E-state index contributed by atoms with van der Waals surface area (Å²) in [6, 6.07) is 5.82. The Morgan fingerprint density at radius 2 is 2.19 bits per heavy atom. The molecular formula is C11H10N4S. The van der Waals surface area contributed by atoms with Crippen molar-refractivity contribution in [2.75, 3.05) is 0 Å². The number of rotatable bonds is 1. The van der Waals surface area contributed by atoms with Gasteiger partial charge in [0.05, 0.1) is 11.4 Å². The monoisotopic (exact) mass is 230 g/mol. The number of nitrogens with one attached hydrogen (secondary N) is 1. The minimum atomic E-state index is 0.558. The first-order chi connectivity index (χ1) is 7.63. The zero-order valence-corrected chi connectivity index (χ0v) is 9.80. The molecule has 0 spiro atoms. The van der Waals surface area contributed by atoms with Gasteiger partial charge in [0.15, 0.2) is 0 Å². The number of hydrogen-bond acceptors (Lipinski definition) is 3. The quantitative estimate of drug-likeness (QED) is 0.765. The van der Waals surface area contributed by atoms with E-state index in [1.54, 1.807) is 16.8 Å². The summed E-state index contributed by atoms with van der Waals surface area (Å²) in [5.74, 6) is 0.791. The molecule has 80 valence electrons. The predicted molar refractivity (Wildman–Crippen MR) is 62.9 cm³/mol. The first kappa shape index (κ1) is 10.6. The molecule has 2 heterocycles. The molecule has 16 heavy (non-hydrogen) atoms. The number of imidazole rings is 1. The fourth-order valence-electron chi connectivity index (χ4n) is 1.66. The molecule has 0 aliphatic rings. The second-order valence-corrected chi connectivity index (χ2v) is 3.89. The molecule has 5 heteroatoms. The lowest BCUT2D eigenvalue weighted by molar-refractivity contribution is 0.950. The number of pyridine rings is 1. The van der Waals surface area contributed by atoms with Crippen LogP contribution in [-0.2, 0) is 0 Å². The highest BCUT2D eigenvalue weighted by molar-refractivity contribution is 7.71. The molecule has 0 amide bonds. The fraction of sp³-hybridized carbons (Fsp3) is 0.182. The van der Waals surface area contributed by atoms with E-state index in [1.165, 1.54) is 0 Å². The average Bonchev–Trinajstić information content (AvgIpc) is 2.54. The van der Waals surface area contributed by atoms with Gasteiger partial charge >= 0.3 is 0 Å². The van der Waals surface area contributed by atoms with Crippen LogP contribution in [0.25, 0.3) is 5.69 Å². The third-order valence-electron chi connectivity index (χ3n) is 2.35. The molecule has 0 fully saturated rings. The van der Waals surface area contributed by atoms with E-state index in [4.69, 9.17) is 17.5 Å². The minimum Gasteiger partial charge on any atom is -0.351 e. The van der Waals surface area contributed by atoms with Crippen LogP contribution in [0, 0.1) is 29.8 Å². The van der Waals surface area contributed by atoms with E-state index < -0.39 is 0 Å². The summed E-state index contributed by atoms with van der Waals surface area (Å²) in [7, 11) is 0. The first-order valence-electron chi connectivity index (χ1n) is 4.78. The Labute approximate surface area is 98.2 Å². The van der Waals surface area contributed by atoms with Gasteiger partial charge in [-0.15, -0.1) is 0 Å². The van der Waals surface area contributed by atoms with Crippen LogP contribution in [0.1, 0.15) is 17.2 Å². The summed E-state index contributed by atoms with van der Waals surface area (Å²) < 4.78 is 2.47. The highest BCUT2D eigenvalue weighted by Gasteiger charge is 2.12. The number of aryl methyl sites for hydroxylation is 2. The lowest BCUT2D eigenvalue weighted by atomic mass is 10.3. The van der Waals surface area contributed by atoms with Gasteiger partial charge in [-0.3, -0.25) is 4.57 Å². The Morgan fingerprint density at radius 3 is 2.75 bits per heavy atom. The van der Waals surface area contributed by atoms with E-state index in [2.05, 4.69) is 16.0 Å². The maximum absolute atomic E-state index is 9.09. The Kier molecular flexibility index (Phi) is 2.59. The number of aromatic nitrogens is 3. The van der Waals surface area contributed by atoms with E-state index in [9.17, 15) is 0 Å². The summed E-state index contributed by atoms with van der Waals surface area (Å²) in [6.07, 6.45) is 1.78. The second-order valence-electron chi connectivity index (χ2n) is 3.45. The topological polar surface area (TPSA) is 57.4 Å². The van der Waals surface area contributed by atoms with Crippen molar-refractivity contribution in [3.05, 3.63) is 40.2 Å². The normalized spacial score (nSPS) is 10.1. The molecule has 0 bridgehead atoms. The highest BCUT2D eigenvalue weighted by Crippen LogP contribution is 2.16. The van der Waals surface area contributed by atoms with E-state index >= 15 is 0 Å². The van der Waals surface area contributed by atoms with Crippen molar-refractivity contribution in [3.8, 4) is 11.8 Å². The van der Waals surface area contributed by atoms with Crippen LogP contribution >= 0.6 is 12.2 Å². The number of nitriles is 1. The van der Waals surface area contributed by atoms with Crippen LogP contribution in [0.3, 0.4) is 0 Å². The molecule has 0 saturated carbocycles. The highest BCUT2D eigenvalue weighted by atomic mass is 32.1. The smallest absolute Gasteiger partial charge is 0.147 e. The zero-order chi connectivity index (χ0) is 11.7. The van der Waals surface area contributed by atoms with Gasteiger partial charge < -0.3 is 4.98 Å². The van der Waals surface area contributed by atoms with Crippen molar-refractivity contribution in [2.45, 2.75) is 13.8 Å². The molecule has 0 aliphatic heterocycles. The maximum atomic E-state index is 9.09. The molecule has 0 aromatic carbocycles. The number of nitrogens with zero attached hydrogens (tertiary/aromatic N) is 3. The zero-order valence-electron chi connectivity index (χ0n) is 8.98. The van der Waals surface area contributed by atoms with E-state index in [0.29, 0.717) is 10.3 Å². The van der Waals surface area contributed by atoms with Crippen LogP contribution in [0.2, 0.25) is 0 Å². The standard InChI is InChI=1S/C11H10N4S/c1-7-10(5-12)15(8(2)14-7)9-3-4-11(16)13-6-9/h3-4,6H,1-2H3,(H,13,16). The summed E-state index contributed by atoms with van der Waals surface area (Å²) in [5.41, 5.74) is 2.16. The second kappa shape index (κ2) is 3.91. The number of hydrogen-bond donors (Lipinski definition) is 1. The van der Waals surface area contributed by atoms with Gasteiger partial charge in [0, 0.05) is 6.20 Å². The first-order valence-corrected chi connectivity index (χ1v) is 5.19. The summed E-state index contributed by atoms with van der Waals surface area (Å²) in [4.78, 5) is 7.22. The fourth-order valence-corrected chi connectivity index (χ4v) is 1.78. The third-order valence-corrected chi connectivity index (χ3v) is 2.61. The van der Waals surface area contributed by atoms with Gasteiger partial charge in [-0.25, -0.2) is 4.98 Å². The van der Waals surface area contributed by atoms with Gasteiger partial charge in [0.25, 0.3) is 0 Å². The van der Waals surface area contributed by atoms with Crippen molar-refractivity contribution in [3.63, 3.8) is 0 Å². The Hall–Kier alpha value is -1.93. The average molecular weight is 230 g/mol. The van der Waals surface area contributed by atoms with Crippen LogP contribution < -0.4 is 0 Å². The van der Waals surface area contributed by atoms with Crippen molar-refractivity contribution in [1.29, 1.82) is 5.26 Å². The Morgan fingerprint density at radius 1 is 1.44 bits per heavy atom. The Balaban J connectivity index is 2.69. The Bertz CT molecular complexity index is 610. The van der Waals surface area contributed by atoms with Crippen LogP contribution in [0.5, 0.6) is 0 Å². The maximum Gasteiger partial charge on any atom is 0.147 e. The lowest BCUT2D eigenvalue weighted by Gasteiger charge is -2.05. The summed E-state index contributed by atoms with van der Waals surface area (Å²) in [6.45, 7) is 3.70. The molecule has 0 aliphatic carbocycles. The van der Waals surface area contributed by atoms with Gasteiger partial charge in [-0.1, -0.05) is 12.2 Å². The van der Waals surface area contributed by atoms with Crippen molar-refractivity contribution < 1.29 is 0 Å². The number of H-pyrrole nitrogens is 1. The molecule has 4 nitrogen and oxygen atoms in total. The van der Waals surface area contributed by atoms with Gasteiger partial charge in [0.2, 0.25) is 0 Å². The lowest BCUT2D eigenvalue weighted by Crippen LogP contribution is -2.00. The predicted octanol–water partition coefficient (Wildman–Crippen LogP) is 2.42. The molecule has 2 aromatic heterocycles.